The van der Waals surface area contributed by atoms with Gasteiger partial charge >= 0.3 is 11.9 Å². The third-order valence-electron chi connectivity index (χ3n) is 3.06. The molecule has 0 bridgehead atoms. The SMILES string of the molecule is CC=C(C(=O)O)C(CC)(CC(C)C)C(=O)OCC. The van der Waals surface area contributed by atoms with E-state index in [-0.39, 0.29) is 18.1 Å². The number of ether oxygens (including phenoxy) is 1. The van der Waals surface area contributed by atoms with Crippen LogP contribution in [0.15, 0.2) is 11.6 Å². The number of aliphatic carboxylic acids is 1. The number of hydrogen-bond donors (Lipinski definition) is 1. The molecule has 104 valence electrons. The van der Waals surface area contributed by atoms with Gasteiger partial charge in [0.1, 0.15) is 0 Å². The first kappa shape index (κ1) is 16.7. The van der Waals surface area contributed by atoms with E-state index in [0.717, 1.165) is 0 Å². The topological polar surface area (TPSA) is 63.6 Å². The summed E-state index contributed by atoms with van der Waals surface area (Å²) in [5, 5.41) is 9.29. The van der Waals surface area contributed by atoms with Gasteiger partial charge in [-0.05, 0) is 32.6 Å². The molecule has 4 heteroatoms. The van der Waals surface area contributed by atoms with Crippen molar-refractivity contribution in [3.8, 4) is 0 Å². The smallest absolute Gasteiger partial charge is 0.332 e. The summed E-state index contributed by atoms with van der Waals surface area (Å²) in [5.74, 6) is -1.27. The third kappa shape index (κ3) is 3.59. The number of carboxylic acids is 1. The summed E-state index contributed by atoms with van der Waals surface area (Å²) in [4.78, 5) is 23.6. The van der Waals surface area contributed by atoms with Gasteiger partial charge in [0, 0.05) is 0 Å². The molecule has 0 spiro atoms. The van der Waals surface area contributed by atoms with E-state index in [1.54, 1.807) is 13.8 Å². The van der Waals surface area contributed by atoms with E-state index in [2.05, 4.69) is 0 Å². The largest absolute Gasteiger partial charge is 0.478 e. The molecule has 0 heterocycles. The minimum Gasteiger partial charge on any atom is -0.478 e. The quantitative estimate of drug-likeness (QED) is 0.561. The lowest BCUT2D eigenvalue weighted by atomic mass is 9.71. The molecule has 18 heavy (non-hydrogen) atoms. The summed E-state index contributed by atoms with van der Waals surface area (Å²) < 4.78 is 5.09. The van der Waals surface area contributed by atoms with Gasteiger partial charge in [0.05, 0.1) is 17.6 Å². The van der Waals surface area contributed by atoms with Crippen LogP contribution in [0.4, 0.5) is 0 Å². The molecule has 0 aromatic heterocycles. The van der Waals surface area contributed by atoms with E-state index in [1.165, 1.54) is 6.08 Å². The lowest BCUT2D eigenvalue weighted by Gasteiger charge is -2.32. The minimum absolute atomic E-state index is 0.136. The molecule has 1 N–H and O–H groups in total. The molecule has 0 saturated heterocycles. The fourth-order valence-corrected chi connectivity index (χ4v) is 2.35. The van der Waals surface area contributed by atoms with E-state index >= 15 is 0 Å². The summed E-state index contributed by atoms with van der Waals surface area (Å²) in [6.45, 7) is 9.40. The number of hydrogen-bond acceptors (Lipinski definition) is 3. The van der Waals surface area contributed by atoms with Gasteiger partial charge in [0.25, 0.3) is 0 Å². The fourth-order valence-electron chi connectivity index (χ4n) is 2.35. The molecule has 0 aromatic carbocycles. The second kappa shape index (κ2) is 7.19. The molecule has 0 aliphatic rings. The maximum atomic E-state index is 12.2. The van der Waals surface area contributed by atoms with E-state index in [9.17, 15) is 14.7 Å². The Hall–Kier alpha value is -1.32. The molecular formula is C14H24O4. The molecule has 0 aliphatic carbocycles. The summed E-state index contributed by atoms with van der Waals surface area (Å²) in [7, 11) is 0. The lowest BCUT2D eigenvalue weighted by Crippen LogP contribution is -2.38. The normalized spacial score (nSPS) is 15.3. The fraction of sp³-hybridized carbons (Fsp3) is 0.714. The molecule has 1 unspecified atom stereocenters. The minimum atomic E-state index is -1.05. The van der Waals surface area contributed by atoms with Crippen molar-refractivity contribution >= 4 is 11.9 Å². The highest BCUT2D eigenvalue weighted by atomic mass is 16.5. The summed E-state index contributed by atoms with van der Waals surface area (Å²) >= 11 is 0. The van der Waals surface area contributed by atoms with E-state index in [0.29, 0.717) is 12.8 Å². The summed E-state index contributed by atoms with van der Waals surface area (Å²) in [5.41, 5.74) is -0.901. The lowest BCUT2D eigenvalue weighted by molar-refractivity contribution is -0.156. The highest BCUT2D eigenvalue weighted by molar-refractivity contribution is 5.97. The van der Waals surface area contributed by atoms with E-state index < -0.39 is 17.4 Å². The Morgan fingerprint density at radius 1 is 1.33 bits per heavy atom. The Morgan fingerprint density at radius 2 is 1.89 bits per heavy atom. The monoisotopic (exact) mass is 256 g/mol. The molecule has 0 fully saturated rings. The first-order chi connectivity index (χ1) is 8.35. The van der Waals surface area contributed by atoms with Crippen molar-refractivity contribution < 1.29 is 19.4 Å². The van der Waals surface area contributed by atoms with Crippen LogP contribution in [0.2, 0.25) is 0 Å². The average molecular weight is 256 g/mol. The highest BCUT2D eigenvalue weighted by Gasteiger charge is 2.44. The van der Waals surface area contributed by atoms with Crippen molar-refractivity contribution in [3.05, 3.63) is 11.6 Å². The molecule has 0 amide bonds. The molecular weight excluding hydrogens is 232 g/mol. The Labute approximate surface area is 109 Å². The van der Waals surface area contributed by atoms with Crippen LogP contribution in [0.5, 0.6) is 0 Å². The summed E-state index contributed by atoms with van der Waals surface area (Å²) in [6, 6.07) is 0. The number of esters is 1. The van der Waals surface area contributed by atoms with Gasteiger partial charge in [-0.1, -0.05) is 26.8 Å². The van der Waals surface area contributed by atoms with Crippen LogP contribution in [-0.2, 0) is 14.3 Å². The number of carbonyl (C=O) groups is 2. The van der Waals surface area contributed by atoms with Crippen LogP contribution < -0.4 is 0 Å². The Balaban J connectivity index is 5.62. The predicted molar refractivity (Wildman–Crippen MR) is 70.2 cm³/mol. The Kier molecular flexibility index (Phi) is 6.66. The molecule has 4 nitrogen and oxygen atoms in total. The van der Waals surface area contributed by atoms with Gasteiger partial charge in [-0.15, -0.1) is 0 Å². The average Bonchev–Trinajstić information content (AvgIpc) is 2.27. The zero-order chi connectivity index (χ0) is 14.3. The first-order valence-electron chi connectivity index (χ1n) is 6.42. The second-order valence-electron chi connectivity index (χ2n) is 4.76. The number of carboxylic acid groups (broad SMARTS) is 1. The zero-order valence-corrected chi connectivity index (χ0v) is 11.9. The van der Waals surface area contributed by atoms with Crippen molar-refractivity contribution in [3.63, 3.8) is 0 Å². The first-order valence-corrected chi connectivity index (χ1v) is 6.42. The highest BCUT2D eigenvalue weighted by Crippen LogP contribution is 2.39. The van der Waals surface area contributed by atoms with Crippen molar-refractivity contribution in [2.45, 2.75) is 47.5 Å². The zero-order valence-electron chi connectivity index (χ0n) is 11.9. The van der Waals surface area contributed by atoms with Gasteiger partial charge in [-0.3, -0.25) is 4.79 Å². The van der Waals surface area contributed by atoms with Crippen LogP contribution in [0.25, 0.3) is 0 Å². The van der Waals surface area contributed by atoms with Gasteiger partial charge in [-0.2, -0.15) is 0 Å². The Morgan fingerprint density at radius 3 is 2.17 bits per heavy atom. The molecule has 0 aromatic rings. The number of allylic oxidation sites excluding steroid dienone is 1. The van der Waals surface area contributed by atoms with Crippen molar-refractivity contribution in [2.75, 3.05) is 6.61 Å². The predicted octanol–water partition coefficient (Wildman–Crippen LogP) is 3.02. The van der Waals surface area contributed by atoms with Gasteiger partial charge in [0.15, 0.2) is 0 Å². The van der Waals surface area contributed by atoms with E-state index in [1.807, 2.05) is 20.8 Å². The van der Waals surface area contributed by atoms with Crippen molar-refractivity contribution in [1.82, 2.24) is 0 Å². The standard InChI is InChI=1S/C14H24O4/c1-6-11(12(15)16)14(7-2,9-10(4)5)13(17)18-8-3/h6,10H,7-9H2,1-5H3,(H,15,16). The van der Waals surface area contributed by atoms with Crippen LogP contribution in [0, 0.1) is 11.3 Å². The van der Waals surface area contributed by atoms with Crippen molar-refractivity contribution in [2.24, 2.45) is 11.3 Å². The molecule has 0 radical (unpaired) electrons. The van der Waals surface area contributed by atoms with Crippen molar-refractivity contribution in [1.29, 1.82) is 0 Å². The summed E-state index contributed by atoms with van der Waals surface area (Å²) in [6.07, 6.45) is 2.41. The number of carbonyl (C=O) groups excluding carboxylic acids is 1. The van der Waals surface area contributed by atoms with Crippen LogP contribution >= 0.6 is 0 Å². The van der Waals surface area contributed by atoms with Crippen LogP contribution in [0.1, 0.15) is 47.5 Å². The number of rotatable bonds is 7. The van der Waals surface area contributed by atoms with E-state index in [4.69, 9.17) is 4.74 Å². The molecule has 1 atom stereocenters. The van der Waals surface area contributed by atoms with Crippen LogP contribution in [-0.4, -0.2) is 23.7 Å². The Bertz CT molecular complexity index is 331. The maximum Gasteiger partial charge on any atom is 0.332 e. The second-order valence-corrected chi connectivity index (χ2v) is 4.76. The van der Waals surface area contributed by atoms with Gasteiger partial charge in [0.2, 0.25) is 0 Å². The molecule has 0 rings (SSSR count). The molecule has 0 aliphatic heterocycles. The van der Waals surface area contributed by atoms with Crippen LogP contribution in [0.3, 0.4) is 0 Å². The molecule has 0 saturated carbocycles. The van der Waals surface area contributed by atoms with Gasteiger partial charge in [-0.25, -0.2) is 4.79 Å². The maximum absolute atomic E-state index is 12.2. The van der Waals surface area contributed by atoms with Gasteiger partial charge < -0.3 is 9.84 Å². The third-order valence-corrected chi connectivity index (χ3v) is 3.06.